The monoisotopic (exact) mass is 299 g/mol. The Labute approximate surface area is 125 Å². The fraction of sp³-hybridized carbons (Fsp3) is 0.154. The van der Waals surface area contributed by atoms with Gasteiger partial charge in [-0.15, -0.1) is 0 Å². The number of amides is 1. The molecule has 0 saturated carbocycles. The van der Waals surface area contributed by atoms with Gasteiger partial charge in [0.15, 0.2) is 0 Å². The summed E-state index contributed by atoms with van der Waals surface area (Å²) in [7, 11) is 0. The lowest BCUT2D eigenvalue weighted by Gasteiger charge is -2.07. The van der Waals surface area contributed by atoms with Gasteiger partial charge >= 0.3 is 6.01 Å². The quantitative estimate of drug-likeness (QED) is 0.738. The van der Waals surface area contributed by atoms with Gasteiger partial charge in [0.2, 0.25) is 0 Å². The van der Waals surface area contributed by atoms with Crippen LogP contribution in [0.25, 0.3) is 0 Å². The number of carbonyl (C=O) groups is 1. The Morgan fingerprint density at radius 2 is 2.14 bits per heavy atom. The summed E-state index contributed by atoms with van der Waals surface area (Å²) in [5, 5.41) is 19.9. The van der Waals surface area contributed by atoms with Gasteiger partial charge in [-0.2, -0.15) is 10.3 Å². The number of aryl methyl sites for hydroxylation is 1. The number of H-pyrrole nitrogens is 1. The molecule has 0 atom stereocenters. The molecule has 1 amide bonds. The molecule has 2 aromatic heterocycles. The number of aromatic nitrogens is 6. The van der Waals surface area contributed by atoms with Crippen LogP contribution in [0.5, 0.6) is 11.8 Å². The molecule has 3 aromatic rings. The largest absolute Gasteiger partial charge is 0.422 e. The predicted octanol–water partition coefficient (Wildman–Crippen LogP) is 1.46. The number of hydrogen-bond acceptors (Lipinski definition) is 6. The van der Waals surface area contributed by atoms with Gasteiger partial charge in [-0.05, 0) is 42.5 Å². The summed E-state index contributed by atoms with van der Waals surface area (Å²) in [4.78, 5) is 12.2. The molecule has 0 aliphatic heterocycles. The van der Waals surface area contributed by atoms with E-state index in [4.69, 9.17) is 4.74 Å². The third-order valence-corrected chi connectivity index (χ3v) is 2.90. The van der Waals surface area contributed by atoms with Crippen LogP contribution >= 0.6 is 0 Å². The summed E-state index contributed by atoms with van der Waals surface area (Å²) >= 11 is 0. The van der Waals surface area contributed by atoms with E-state index in [0.717, 1.165) is 0 Å². The molecule has 0 fully saturated rings. The van der Waals surface area contributed by atoms with Crippen LogP contribution in [0, 0.1) is 0 Å². The number of tetrazole rings is 1. The van der Waals surface area contributed by atoms with E-state index in [0.29, 0.717) is 23.7 Å². The van der Waals surface area contributed by atoms with Crippen LogP contribution in [-0.4, -0.2) is 36.3 Å². The summed E-state index contributed by atoms with van der Waals surface area (Å²) in [6.07, 6.45) is 1.60. The molecule has 112 valence electrons. The Hall–Kier alpha value is -3.23. The van der Waals surface area contributed by atoms with Crippen LogP contribution < -0.4 is 10.1 Å². The summed E-state index contributed by atoms with van der Waals surface area (Å²) in [5.74, 6) is 0.323. The molecule has 9 nitrogen and oxygen atoms in total. The highest BCUT2D eigenvalue weighted by molar-refractivity contribution is 6.03. The molecule has 0 saturated heterocycles. The minimum Gasteiger partial charge on any atom is -0.422 e. The molecule has 2 N–H and O–H groups in total. The zero-order valence-corrected chi connectivity index (χ0v) is 11.7. The van der Waals surface area contributed by atoms with Gasteiger partial charge in [0.25, 0.3) is 5.91 Å². The fourth-order valence-corrected chi connectivity index (χ4v) is 1.88. The molecule has 22 heavy (non-hydrogen) atoms. The summed E-state index contributed by atoms with van der Waals surface area (Å²) in [5.41, 5.74) is 1.16. The lowest BCUT2D eigenvalue weighted by atomic mass is 10.3. The number of nitrogens with zero attached hydrogens (tertiary/aromatic N) is 5. The van der Waals surface area contributed by atoms with Crippen molar-refractivity contribution in [2.24, 2.45) is 0 Å². The second kappa shape index (κ2) is 6.04. The van der Waals surface area contributed by atoms with Crippen LogP contribution in [0.1, 0.15) is 17.4 Å². The van der Waals surface area contributed by atoms with E-state index in [1.807, 2.05) is 6.92 Å². The van der Waals surface area contributed by atoms with Gasteiger partial charge in [-0.25, -0.2) is 0 Å². The molecule has 0 unspecified atom stereocenters. The van der Waals surface area contributed by atoms with Crippen molar-refractivity contribution >= 4 is 11.6 Å². The van der Waals surface area contributed by atoms with Crippen molar-refractivity contribution in [2.45, 2.75) is 13.5 Å². The maximum absolute atomic E-state index is 12.2. The van der Waals surface area contributed by atoms with Crippen molar-refractivity contribution < 1.29 is 9.53 Å². The highest BCUT2D eigenvalue weighted by Crippen LogP contribution is 2.19. The molecule has 2 heterocycles. The summed E-state index contributed by atoms with van der Waals surface area (Å²) in [6.45, 7) is 2.56. The average molecular weight is 299 g/mol. The number of rotatable bonds is 5. The zero-order valence-electron chi connectivity index (χ0n) is 11.7. The topological polar surface area (TPSA) is 111 Å². The summed E-state index contributed by atoms with van der Waals surface area (Å²) < 4.78 is 6.97. The van der Waals surface area contributed by atoms with Crippen LogP contribution in [0.3, 0.4) is 0 Å². The Morgan fingerprint density at radius 3 is 2.82 bits per heavy atom. The number of ether oxygens (including phenoxy) is 1. The van der Waals surface area contributed by atoms with E-state index in [9.17, 15) is 4.79 Å². The average Bonchev–Trinajstić information content (AvgIpc) is 3.20. The lowest BCUT2D eigenvalue weighted by Crippen LogP contribution is -2.17. The molecule has 3 rings (SSSR count). The van der Waals surface area contributed by atoms with E-state index in [2.05, 4.69) is 31.0 Å². The fourth-order valence-electron chi connectivity index (χ4n) is 1.88. The maximum atomic E-state index is 12.2. The Kier molecular flexibility index (Phi) is 3.77. The molecule has 0 spiro atoms. The first-order valence-corrected chi connectivity index (χ1v) is 6.61. The van der Waals surface area contributed by atoms with Gasteiger partial charge in [-0.3, -0.25) is 9.48 Å². The van der Waals surface area contributed by atoms with Crippen molar-refractivity contribution in [2.75, 3.05) is 5.32 Å². The molecule has 0 bridgehead atoms. The molecular weight excluding hydrogens is 286 g/mol. The smallest absolute Gasteiger partial charge is 0.361 e. The van der Waals surface area contributed by atoms with Gasteiger partial charge in [0, 0.05) is 18.4 Å². The first-order chi connectivity index (χ1) is 10.8. The molecule has 0 aliphatic carbocycles. The summed E-state index contributed by atoms with van der Waals surface area (Å²) in [6, 6.07) is 8.64. The first-order valence-electron chi connectivity index (χ1n) is 6.61. The van der Waals surface area contributed by atoms with Gasteiger partial charge < -0.3 is 10.1 Å². The number of benzene rings is 1. The first kappa shape index (κ1) is 13.7. The van der Waals surface area contributed by atoms with E-state index in [1.54, 1.807) is 41.2 Å². The normalized spacial score (nSPS) is 10.4. The van der Waals surface area contributed by atoms with E-state index < -0.39 is 0 Å². The van der Waals surface area contributed by atoms with E-state index >= 15 is 0 Å². The van der Waals surface area contributed by atoms with Crippen molar-refractivity contribution in [3.8, 4) is 11.8 Å². The third kappa shape index (κ3) is 2.92. The van der Waals surface area contributed by atoms with Crippen LogP contribution in [0.2, 0.25) is 0 Å². The number of anilines is 1. The van der Waals surface area contributed by atoms with Crippen molar-refractivity contribution in [3.05, 3.63) is 42.2 Å². The third-order valence-electron chi connectivity index (χ3n) is 2.90. The highest BCUT2D eigenvalue weighted by atomic mass is 16.5. The molecule has 0 radical (unpaired) electrons. The van der Waals surface area contributed by atoms with Crippen molar-refractivity contribution in [3.63, 3.8) is 0 Å². The van der Waals surface area contributed by atoms with E-state index in [-0.39, 0.29) is 11.9 Å². The van der Waals surface area contributed by atoms with Gasteiger partial charge in [0.1, 0.15) is 11.4 Å². The SMILES string of the molecule is CCn1nccc1C(=O)Nc1ccc(Oc2nn[nH]n2)cc1. The van der Waals surface area contributed by atoms with Crippen LogP contribution in [0.4, 0.5) is 5.69 Å². The lowest BCUT2D eigenvalue weighted by molar-refractivity contribution is 0.101. The maximum Gasteiger partial charge on any atom is 0.361 e. The number of hydrogen-bond donors (Lipinski definition) is 2. The Morgan fingerprint density at radius 1 is 1.32 bits per heavy atom. The van der Waals surface area contributed by atoms with Crippen LogP contribution in [0.15, 0.2) is 36.5 Å². The second-order valence-corrected chi connectivity index (χ2v) is 4.31. The minimum absolute atomic E-state index is 0.128. The number of aromatic amines is 1. The standard InChI is InChI=1S/C13H13N7O2/c1-2-20-11(7-8-14-20)12(21)15-9-3-5-10(6-4-9)22-13-16-18-19-17-13/h3-8H,2H2,1H3,(H,15,21)(H,16,17,18,19). The highest BCUT2D eigenvalue weighted by Gasteiger charge is 2.11. The van der Waals surface area contributed by atoms with Crippen molar-refractivity contribution in [1.29, 1.82) is 0 Å². The second-order valence-electron chi connectivity index (χ2n) is 4.31. The van der Waals surface area contributed by atoms with Crippen molar-refractivity contribution in [1.82, 2.24) is 30.4 Å². The number of carbonyl (C=O) groups excluding carboxylic acids is 1. The molecule has 0 aliphatic rings. The van der Waals surface area contributed by atoms with E-state index in [1.165, 1.54) is 0 Å². The minimum atomic E-state index is -0.216. The molecule has 9 heteroatoms. The zero-order chi connectivity index (χ0) is 15.4. The molecule has 1 aromatic carbocycles. The van der Waals surface area contributed by atoms with Crippen LogP contribution in [-0.2, 0) is 6.54 Å². The Bertz CT molecular complexity index is 749. The Balaban J connectivity index is 1.67. The predicted molar refractivity (Wildman–Crippen MR) is 76.5 cm³/mol. The number of nitrogens with one attached hydrogen (secondary N) is 2. The van der Waals surface area contributed by atoms with Gasteiger partial charge in [-0.1, -0.05) is 10.2 Å². The van der Waals surface area contributed by atoms with Gasteiger partial charge in [0.05, 0.1) is 0 Å². The molecular formula is C13H13N7O2.